The van der Waals surface area contributed by atoms with Gasteiger partial charge in [0.2, 0.25) is 0 Å². The summed E-state index contributed by atoms with van der Waals surface area (Å²) in [6.45, 7) is 2.52. The van der Waals surface area contributed by atoms with Gasteiger partial charge in [-0.15, -0.1) is 0 Å². The maximum absolute atomic E-state index is 11.4. The molecule has 0 spiro atoms. The molecule has 2 aromatic rings. The van der Waals surface area contributed by atoms with Crippen LogP contribution >= 0.6 is 0 Å². The van der Waals surface area contributed by atoms with E-state index in [2.05, 4.69) is 5.32 Å². The van der Waals surface area contributed by atoms with Gasteiger partial charge in [0, 0.05) is 13.1 Å². The number of anilines is 3. The monoisotopic (exact) mass is 287 g/mol. The van der Waals surface area contributed by atoms with Crippen molar-refractivity contribution >= 4 is 23.0 Å². The second-order valence-electron chi connectivity index (χ2n) is 5.11. The fourth-order valence-electron chi connectivity index (χ4n) is 2.35. The molecule has 1 aromatic carbocycles. The number of nitrogens with two attached hydrogens (primary N) is 1. The fourth-order valence-corrected chi connectivity index (χ4v) is 2.35. The van der Waals surface area contributed by atoms with Crippen LogP contribution in [0.15, 0.2) is 28.7 Å². The third kappa shape index (κ3) is 2.65. The fraction of sp³-hybridized carbons (Fsp3) is 0.267. The molecular formula is C15H17N3O3. The van der Waals surface area contributed by atoms with Gasteiger partial charge in [0.1, 0.15) is 17.3 Å². The maximum atomic E-state index is 11.4. The number of aryl methyl sites for hydroxylation is 1. The Morgan fingerprint density at radius 2 is 2.19 bits per heavy atom. The summed E-state index contributed by atoms with van der Waals surface area (Å²) in [4.78, 5) is 13.4. The summed E-state index contributed by atoms with van der Waals surface area (Å²) in [5.41, 5.74) is 8.12. The predicted octanol–water partition coefficient (Wildman–Crippen LogP) is 2.14. The second-order valence-corrected chi connectivity index (χ2v) is 5.11. The highest BCUT2D eigenvalue weighted by Crippen LogP contribution is 2.37. The van der Waals surface area contributed by atoms with E-state index in [0.717, 1.165) is 17.2 Å². The highest BCUT2D eigenvalue weighted by atomic mass is 16.5. The first-order chi connectivity index (χ1) is 10.0. The topological polar surface area (TPSA) is 80.7 Å². The van der Waals surface area contributed by atoms with Crippen LogP contribution in [0.3, 0.4) is 0 Å². The lowest BCUT2D eigenvalue weighted by atomic mass is 10.2. The van der Waals surface area contributed by atoms with Crippen molar-refractivity contribution in [2.75, 3.05) is 29.6 Å². The molecule has 6 nitrogen and oxygen atoms in total. The summed E-state index contributed by atoms with van der Waals surface area (Å²) in [6.07, 6.45) is 0. The van der Waals surface area contributed by atoms with E-state index in [9.17, 15) is 4.79 Å². The minimum Gasteiger partial charge on any atom is -0.482 e. The SMILES string of the molecule is Cc1ccc(CN(C)c2cc3c(cc2N)OCC(=O)N3)o1. The number of nitrogen functional groups attached to an aromatic ring is 1. The van der Waals surface area contributed by atoms with E-state index >= 15 is 0 Å². The van der Waals surface area contributed by atoms with Gasteiger partial charge in [-0.25, -0.2) is 0 Å². The van der Waals surface area contributed by atoms with Crippen molar-refractivity contribution in [3.8, 4) is 5.75 Å². The van der Waals surface area contributed by atoms with Crippen LogP contribution in [-0.2, 0) is 11.3 Å². The molecule has 0 unspecified atom stereocenters. The molecule has 1 aliphatic rings. The lowest BCUT2D eigenvalue weighted by Crippen LogP contribution is -2.26. The number of carbonyl (C=O) groups is 1. The van der Waals surface area contributed by atoms with Gasteiger partial charge in [0.05, 0.1) is 23.6 Å². The molecule has 6 heteroatoms. The van der Waals surface area contributed by atoms with E-state index < -0.39 is 0 Å². The highest BCUT2D eigenvalue weighted by molar-refractivity contribution is 5.97. The second kappa shape index (κ2) is 5.05. The van der Waals surface area contributed by atoms with Crippen molar-refractivity contribution in [2.24, 2.45) is 0 Å². The number of hydrogen-bond acceptors (Lipinski definition) is 5. The van der Waals surface area contributed by atoms with E-state index in [1.807, 2.05) is 37.1 Å². The molecule has 1 aromatic heterocycles. The van der Waals surface area contributed by atoms with E-state index in [-0.39, 0.29) is 12.5 Å². The number of furan rings is 1. The number of amides is 1. The third-order valence-corrected chi connectivity index (χ3v) is 3.36. The number of nitrogens with zero attached hydrogens (tertiary/aromatic N) is 1. The minimum atomic E-state index is -0.164. The van der Waals surface area contributed by atoms with E-state index in [1.165, 1.54) is 0 Å². The van der Waals surface area contributed by atoms with Crippen LogP contribution in [0.25, 0.3) is 0 Å². The van der Waals surface area contributed by atoms with Crippen LogP contribution in [0.2, 0.25) is 0 Å². The normalized spacial score (nSPS) is 13.3. The van der Waals surface area contributed by atoms with Crippen molar-refractivity contribution in [3.63, 3.8) is 0 Å². The lowest BCUT2D eigenvalue weighted by Gasteiger charge is -2.24. The van der Waals surface area contributed by atoms with Crippen molar-refractivity contribution in [2.45, 2.75) is 13.5 Å². The van der Waals surface area contributed by atoms with Crippen LogP contribution in [0.1, 0.15) is 11.5 Å². The Labute approximate surface area is 122 Å². The summed E-state index contributed by atoms with van der Waals surface area (Å²) in [6, 6.07) is 7.41. The summed E-state index contributed by atoms with van der Waals surface area (Å²) < 4.78 is 10.9. The molecular weight excluding hydrogens is 270 g/mol. The van der Waals surface area contributed by atoms with Gasteiger partial charge in [-0.2, -0.15) is 0 Å². The average molecular weight is 287 g/mol. The first-order valence-electron chi connectivity index (χ1n) is 6.65. The zero-order valence-electron chi connectivity index (χ0n) is 12.0. The molecule has 110 valence electrons. The molecule has 0 saturated heterocycles. The summed E-state index contributed by atoms with van der Waals surface area (Å²) >= 11 is 0. The van der Waals surface area contributed by atoms with E-state index in [4.69, 9.17) is 14.9 Å². The Kier molecular flexibility index (Phi) is 3.21. The molecule has 0 atom stereocenters. The number of ether oxygens (including phenoxy) is 1. The third-order valence-electron chi connectivity index (χ3n) is 3.36. The highest BCUT2D eigenvalue weighted by Gasteiger charge is 2.19. The van der Waals surface area contributed by atoms with Gasteiger partial charge in [-0.1, -0.05) is 0 Å². The molecule has 2 heterocycles. The molecule has 3 rings (SSSR count). The minimum absolute atomic E-state index is 0.0211. The Morgan fingerprint density at radius 1 is 1.38 bits per heavy atom. The smallest absolute Gasteiger partial charge is 0.262 e. The van der Waals surface area contributed by atoms with Gasteiger partial charge in [-0.3, -0.25) is 4.79 Å². The van der Waals surface area contributed by atoms with Crippen molar-refractivity contribution in [1.29, 1.82) is 0 Å². The zero-order chi connectivity index (χ0) is 15.0. The Balaban J connectivity index is 1.87. The van der Waals surface area contributed by atoms with E-state index in [0.29, 0.717) is 23.7 Å². The van der Waals surface area contributed by atoms with Crippen molar-refractivity contribution < 1.29 is 13.9 Å². The summed E-state index contributed by atoms with van der Waals surface area (Å²) in [7, 11) is 1.92. The van der Waals surface area contributed by atoms with Crippen LogP contribution in [0, 0.1) is 6.92 Å². The molecule has 0 aliphatic carbocycles. The van der Waals surface area contributed by atoms with Gasteiger partial charge >= 0.3 is 0 Å². The number of rotatable bonds is 3. The van der Waals surface area contributed by atoms with Crippen LogP contribution in [-0.4, -0.2) is 19.6 Å². The zero-order valence-corrected chi connectivity index (χ0v) is 12.0. The first kappa shape index (κ1) is 13.4. The quantitative estimate of drug-likeness (QED) is 0.845. The molecule has 0 radical (unpaired) electrons. The number of carbonyl (C=O) groups excluding carboxylic acids is 1. The molecule has 0 fully saturated rings. The lowest BCUT2D eigenvalue weighted by molar-refractivity contribution is -0.118. The number of hydrogen-bond donors (Lipinski definition) is 2. The predicted molar refractivity (Wildman–Crippen MR) is 80.5 cm³/mol. The van der Waals surface area contributed by atoms with Gasteiger partial charge in [0.25, 0.3) is 5.91 Å². The number of benzene rings is 1. The largest absolute Gasteiger partial charge is 0.482 e. The van der Waals surface area contributed by atoms with Crippen LogP contribution < -0.4 is 20.7 Å². The Hall–Kier alpha value is -2.63. The first-order valence-corrected chi connectivity index (χ1v) is 6.65. The van der Waals surface area contributed by atoms with Crippen LogP contribution in [0.5, 0.6) is 5.75 Å². The van der Waals surface area contributed by atoms with Crippen LogP contribution in [0.4, 0.5) is 17.1 Å². The summed E-state index contributed by atoms with van der Waals surface area (Å²) in [5, 5.41) is 2.78. The van der Waals surface area contributed by atoms with Gasteiger partial charge in [-0.05, 0) is 25.1 Å². The molecule has 21 heavy (non-hydrogen) atoms. The molecule has 1 amide bonds. The van der Waals surface area contributed by atoms with Crippen molar-refractivity contribution in [3.05, 3.63) is 35.8 Å². The number of fused-ring (bicyclic) bond motifs is 1. The standard InChI is InChI=1S/C15H17N3O3/c1-9-3-4-10(21-9)7-18(2)13-6-12-14(5-11(13)16)20-8-15(19)17-12/h3-6H,7-8,16H2,1-2H3,(H,17,19). The average Bonchev–Trinajstić information content (AvgIpc) is 2.83. The Bertz CT molecular complexity index is 693. The summed E-state index contributed by atoms with van der Waals surface area (Å²) in [5.74, 6) is 2.16. The molecule has 0 saturated carbocycles. The number of nitrogens with one attached hydrogen (secondary N) is 1. The Morgan fingerprint density at radius 3 is 2.90 bits per heavy atom. The van der Waals surface area contributed by atoms with Gasteiger partial charge < -0.3 is 25.1 Å². The van der Waals surface area contributed by atoms with E-state index in [1.54, 1.807) is 6.07 Å². The molecule has 1 aliphatic heterocycles. The molecule has 0 bridgehead atoms. The molecule has 3 N–H and O–H groups in total. The van der Waals surface area contributed by atoms with Crippen molar-refractivity contribution in [1.82, 2.24) is 0 Å². The van der Waals surface area contributed by atoms with Gasteiger partial charge in [0.15, 0.2) is 6.61 Å². The maximum Gasteiger partial charge on any atom is 0.262 e.